The zero-order valence-electron chi connectivity index (χ0n) is 10.7. The summed E-state index contributed by atoms with van der Waals surface area (Å²) in [5.41, 5.74) is -0.233. The van der Waals surface area contributed by atoms with Crippen molar-refractivity contribution in [2.24, 2.45) is 0 Å². The van der Waals surface area contributed by atoms with Gasteiger partial charge in [-0.2, -0.15) is 0 Å². The van der Waals surface area contributed by atoms with Gasteiger partial charge in [0.2, 0.25) is 5.82 Å². The van der Waals surface area contributed by atoms with E-state index in [0.717, 1.165) is 18.9 Å². The average molecular weight is 278 g/mol. The second kappa shape index (κ2) is 4.66. The largest absolute Gasteiger partial charge is 0.314 e. The van der Waals surface area contributed by atoms with Gasteiger partial charge in [-0.15, -0.1) is 5.10 Å². The summed E-state index contributed by atoms with van der Waals surface area (Å²) < 4.78 is 27.3. The highest BCUT2D eigenvalue weighted by Gasteiger charge is 2.28. The van der Waals surface area contributed by atoms with Crippen LogP contribution < -0.4 is 5.32 Å². The topological polar surface area (TPSA) is 70.7 Å². The Labute approximate surface area is 113 Å². The van der Waals surface area contributed by atoms with Gasteiger partial charge in [-0.1, -0.05) is 6.07 Å². The van der Waals surface area contributed by atoms with Gasteiger partial charge in [0.15, 0.2) is 5.82 Å². The molecule has 5 nitrogen and oxygen atoms in total. The molecule has 1 aliphatic carbocycles. The van der Waals surface area contributed by atoms with Crippen LogP contribution in [0.4, 0.5) is 14.5 Å². The minimum Gasteiger partial charge on any atom is -0.314 e. The van der Waals surface area contributed by atoms with Crippen LogP contribution >= 0.6 is 0 Å². The highest BCUT2D eigenvalue weighted by atomic mass is 19.1. The summed E-state index contributed by atoms with van der Waals surface area (Å²) in [4.78, 5) is 15.9. The monoisotopic (exact) mass is 278 g/mol. The average Bonchev–Trinajstić information content (AvgIpc) is 3.16. The molecule has 20 heavy (non-hydrogen) atoms. The van der Waals surface area contributed by atoms with Crippen LogP contribution in [0, 0.1) is 18.6 Å². The van der Waals surface area contributed by atoms with Gasteiger partial charge in [0.05, 0.1) is 0 Å². The van der Waals surface area contributed by atoms with Crippen LogP contribution in [0.25, 0.3) is 0 Å². The van der Waals surface area contributed by atoms with E-state index < -0.39 is 23.2 Å². The minimum atomic E-state index is -0.834. The SMILES string of the molecule is Cc1ccc(F)c(NC(=O)c2n[nH]c(C3CC3)n2)c1F. The van der Waals surface area contributed by atoms with E-state index in [2.05, 4.69) is 20.5 Å². The first-order valence-electron chi connectivity index (χ1n) is 6.24. The number of benzene rings is 1. The number of halogens is 2. The maximum absolute atomic E-state index is 13.8. The minimum absolute atomic E-state index is 0.118. The van der Waals surface area contributed by atoms with Crippen molar-refractivity contribution in [3.05, 3.63) is 41.0 Å². The summed E-state index contributed by atoms with van der Waals surface area (Å²) in [6.07, 6.45) is 2.02. The highest BCUT2D eigenvalue weighted by molar-refractivity contribution is 6.01. The lowest BCUT2D eigenvalue weighted by molar-refractivity contribution is 0.101. The first kappa shape index (κ1) is 12.7. The van der Waals surface area contributed by atoms with E-state index in [-0.39, 0.29) is 11.4 Å². The third-order valence-electron chi connectivity index (χ3n) is 3.19. The van der Waals surface area contributed by atoms with Crippen molar-refractivity contribution >= 4 is 11.6 Å². The van der Waals surface area contributed by atoms with E-state index in [1.807, 2.05) is 0 Å². The summed E-state index contributed by atoms with van der Waals surface area (Å²) in [6, 6.07) is 2.40. The number of carbonyl (C=O) groups excluding carboxylic acids is 1. The van der Waals surface area contributed by atoms with Crippen molar-refractivity contribution in [2.75, 3.05) is 5.32 Å². The Hall–Kier alpha value is -2.31. The molecule has 1 fully saturated rings. The van der Waals surface area contributed by atoms with Crippen molar-refractivity contribution in [2.45, 2.75) is 25.7 Å². The Balaban J connectivity index is 1.83. The van der Waals surface area contributed by atoms with E-state index in [1.54, 1.807) is 0 Å². The van der Waals surface area contributed by atoms with Crippen molar-refractivity contribution in [1.82, 2.24) is 15.2 Å². The number of amides is 1. The van der Waals surface area contributed by atoms with E-state index in [1.165, 1.54) is 13.0 Å². The number of anilines is 1. The second-order valence-electron chi connectivity index (χ2n) is 4.83. The molecular formula is C13H12F2N4O. The molecule has 0 bridgehead atoms. The molecule has 0 aliphatic heterocycles. The normalized spacial score (nSPS) is 14.3. The van der Waals surface area contributed by atoms with Crippen LogP contribution in [-0.2, 0) is 0 Å². The molecule has 7 heteroatoms. The molecule has 0 saturated heterocycles. The highest BCUT2D eigenvalue weighted by Crippen LogP contribution is 2.37. The molecule has 2 N–H and O–H groups in total. The second-order valence-corrected chi connectivity index (χ2v) is 4.83. The Kier molecular flexibility index (Phi) is 2.96. The molecule has 1 heterocycles. The number of hydrogen-bond donors (Lipinski definition) is 2. The lowest BCUT2D eigenvalue weighted by Gasteiger charge is -2.07. The number of aromatic amines is 1. The molecule has 3 rings (SSSR count). The van der Waals surface area contributed by atoms with Crippen LogP contribution in [0.3, 0.4) is 0 Å². The first-order valence-corrected chi connectivity index (χ1v) is 6.24. The molecule has 0 unspecified atom stereocenters. The summed E-state index contributed by atoms with van der Waals surface area (Å²) >= 11 is 0. The summed E-state index contributed by atoms with van der Waals surface area (Å²) in [5, 5.41) is 8.60. The first-order chi connectivity index (χ1) is 9.56. The number of rotatable bonds is 3. The molecule has 2 aromatic rings. The van der Waals surface area contributed by atoms with Gasteiger partial charge in [-0.05, 0) is 31.4 Å². The smallest absolute Gasteiger partial charge is 0.295 e. The standard InChI is InChI=1S/C13H12F2N4O/c1-6-2-5-8(14)10(9(6)15)16-13(20)12-17-11(18-19-12)7-3-4-7/h2,5,7H,3-4H2,1H3,(H,16,20)(H,17,18,19). The van der Waals surface area contributed by atoms with Crippen molar-refractivity contribution in [1.29, 1.82) is 0 Å². The number of carbonyl (C=O) groups is 1. The van der Waals surface area contributed by atoms with Crippen LogP contribution in [-0.4, -0.2) is 21.1 Å². The van der Waals surface area contributed by atoms with Gasteiger partial charge < -0.3 is 5.32 Å². The van der Waals surface area contributed by atoms with E-state index in [4.69, 9.17) is 0 Å². The molecule has 1 aliphatic rings. The number of aryl methyl sites for hydroxylation is 1. The number of nitrogens with one attached hydrogen (secondary N) is 2. The van der Waals surface area contributed by atoms with Crippen LogP contribution in [0.15, 0.2) is 12.1 Å². The van der Waals surface area contributed by atoms with Crippen LogP contribution in [0.2, 0.25) is 0 Å². The Morgan fingerprint density at radius 3 is 2.85 bits per heavy atom. The zero-order chi connectivity index (χ0) is 14.3. The molecule has 1 aromatic carbocycles. The third kappa shape index (κ3) is 2.26. The van der Waals surface area contributed by atoms with E-state index in [9.17, 15) is 13.6 Å². The summed E-state index contributed by atoms with van der Waals surface area (Å²) in [7, 11) is 0. The van der Waals surface area contributed by atoms with Gasteiger partial charge in [0, 0.05) is 5.92 Å². The maximum Gasteiger partial charge on any atom is 0.295 e. The third-order valence-corrected chi connectivity index (χ3v) is 3.19. The molecular weight excluding hydrogens is 266 g/mol. The number of nitrogens with zero attached hydrogens (tertiary/aromatic N) is 2. The van der Waals surface area contributed by atoms with E-state index >= 15 is 0 Å². The number of hydrogen-bond acceptors (Lipinski definition) is 3. The van der Waals surface area contributed by atoms with E-state index in [0.29, 0.717) is 11.7 Å². The Bertz CT molecular complexity index is 679. The molecule has 0 spiro atoms. The zero-order valence-corrected chi connectivity index (χ0v) is 10.7. The lowest BCUT2D eigenvalue weighted by atomic mass is 10.2. The van der Waals surface area contributed by atoms with Gasteiger partial charge in [-0.25, -0.2) is 13.8 Å². The molecule has 1 saturated carbocycles. The van der Waals surface area contributed by atoms with Gasteiger partial charge in [-0.3, -0.25) is 9.89 Å². The molecule has 0 atom stereocenters. The quantitative estimate of drug-likeness (QED) is 0.906. The Morgan fingerprint density at radius 2 is 2.15 bits per heavy atom. The fourth-order valence-electron chi connectivity index (χ4n) is 1.86. The number of H-pyrrole nitrogens is 1. The fourth-order valence-corrected chi connectivity index (χ4v) is 1.86. The molecule has 1 amide bonds. The fraction of sp³-hybridized carbons (Fsp3) is 0.308. The van der Waals surface area contributed by atoms with Crippen LogP contribution in [0.5, 0.6) is 0 Å². The van der Waals surface area contributed by atoms with Gasteiger partial charge in [0.25, 0.3) is 5.91 Å². The van der Waals surface area contributed by atoms with Crippen LogP contribution in [0.1, 0.15) is 40.8 Å². The van der Waals surface area contributed by atoms with Crippen molar-refractivity contribution in [3.63, 3.8) is 0 Å². The molecule has 1 aromatic heterocycles. The molecule has 104 valence electrons. The molecule has 0 radical (unpaired) electrons. The lowest BCUT2D eigenvalue weighted by Crippen LogP contribution is -2.16. The Morgan fingerprint density at radius 1 is 1.40 bits per heavy atom. The van der Waals surface area contributed by atoms with Crippen molar-refractivity contribution < 1.29 is 13.6 Å². The number of aromatic nitrogens is 3. The maximum atomic E-state index is 13.8. The summed E-state index contributed by atoms with van der Waals surface area (Å²) in [5.74, 6) is -1.53. The summed E-state index contributed by atoms with van der Waals surface area (Å²) in [6.45, 7) is 1.49. The van der Waals surface area contributed by atoms with Gasteiger partial charge >= 0.3 is 0 Å². The predicted molar refractivity (Wildman–Crippen MR) is 67.4 cm³/mol. The predicted octanol–water partition coefficient (Wildman–Crippen LogP) is 2.52. The van der Waals surface area contributed by atoms with Gasteiger partial charge in [0.1, 0.15) is 17.3 Å². The van der Waals surface area contributed by atoms with Crippen molar-refractivity contribution in [3.8, 4) is 0 Å².